The zero-order chi connectivity index (χ0) is 14.5. The van der Waals surface area contributed by atoms with Crippen LogP contribution < -0.4 is 4.90 Å². The first-order chi connectivity index (χ1) is 9.58. The second-order valence-corrected chi connectivity index (χ2v) is 4.93. The normalized spacial score (nSPS) is 10.1. The molecule has 20 heavy (non-hydrogen) atoms. The highest BCUT2D eigenvalue weighted by atomic mass is 15.2. The lowest BCUT2D eigenvalue weighted by Gasteiger charge is -2.18. The Hall–Kier alpha value is -2.41. The van der Waals surface area contributed by atoms with Gasteiger partial charge >= 0.3 is 0 Å². The van der Waals surface area contributed by atoms with Crippen molar-refractivity contribution in [2.75, 3.05) is 18.5 Å². The number of aryl methyl sites for hydroxylation is 2. The van der Waals surface area contributed by atoms with E-state index in [2.05, 4.69) is 52.1 Å². The minimum Gasteiger partial charge on any atom is -0.359 e. The number of rotatable bonds is 4. The maximum Gasteiger partial charge on any atom is 0.146 e. The lowest BCUT2D eigenvalue weighted by Crippen LogP contribution is -2.22. The summed E-state index contributed by atoms with van der Waals surface area (Å²) >= 11 is 0. The van der Waals surface area contributed by atoms with Crippen LogP contribution in [0.4, 0.5) is 5.82 Å². The van der Waals surface area contributed by atoms with Crippen LogP contribution in [0.15, 0.2) is 30.3 Å². The Morgan fingerprint density at radius 3 is 2.50 bits per heavy atom. The molecule has 0 aliphatic heterocycles. The van der Waals surface area contributed by atoms with E-state index in [1.54, 1.807) is 13.0 Å². The number of aromatic nitrogens is 2. The zero-order valence-electron chi connectivity index (χ0n) is 12.1. The van der Waals surface area contributed by atoms with E-state index in [9.17, 15) is 0 Å². The van der Waals surface area contributed by atoms with Gasteiger partial charge in [-0.1, -0.05) is 29.8 Å². The van der Waals surface area contributed by atoms with Gasteiger partial charge < -0.3 is 4.90 Å². The third-order valence-electron chi connectivity index (χ3n) is 3.19. The molecule has 102 valence electrons. The summed E-state index contributed by atoms with van der Waals surface area (Å²) in [5.41, 5.74) is 2.98. The topological polar surface area (TPSA) is 52.8 Å². The maximum atomic E-state index is 8.94. The first kappa shape index (κ1) is 14.0. The Morgan fingerprint density at radius 1 is 1.15 bits per heavy atom. The number of hydrogen-bond donors (Lipinski definition) is 0. The molecule has 0 radical (unpaired) electrons. The Bertz CT molecular complexity index is 626. The molecule has 0 saturated carbocycles. The minimum atomic E-state index is 0.412. The van der Waals surface area contributed by atoms with Crippen LogP contribution in [0.2, 0.25) is 0 Å². The number of anilines is 1. The monoisotopic (exact) mass is 266 g/mol. The molecule has 4 nitrogen and oxygen atoms in total. The molecule has 1 aromatic heterocycles. The van der Waals surface area contributed by atoms with E-state index in [0.717, 1.165) is 18.8 Å². The predicted octanol–water partition coefficient (Wildman–Crippen LogP) is 2.64. The van der Waals surface area contributed by atoms with Crippen molar-refractivity contribution in [3.8, 4) is 6.07 Å². The molecule has 1 heterocycles. The summed E-state index contributed by atoms with van der Waals surface area (Å²) in [6, 6.07) is 12.3. The summed E-state index contributed by atoms with van der Waals surface area (Å²) in [7, 11) is 1.98. The molecule has 0 saturated heterocycles. The third-order valence-corrected chi connectivity index (χ3v) is 3.19. The molecule has 0 amide bonds. The highest BCUT2D eigenvalue weighted by Crippen LogP contribution is 2.12. The first-order valence-electron chi connectivity index (χ1n) is 6.61. The van der Waals surface area contributed by atoms with Crippen LogP contribution in [0.1, 0.15) is 22.6 Å². The number of hydrogen-bond acceptors (Lipinski definition) is 4. The number of benzene rings is 1. The summed E-state index contributed by atoms with van der Waals surface area (Å²) in [5.74, 6) is 1.42. The van der Waals surface area contributed by atoms with Gasteiger partial charge in [-0.15, -0.1) is 0 Å². The van der Waals surface area contributed by atoms with E-state index >= 15 is 0 Å². The van der Waals surface area contributed by atoms with Gasteiger partial charge in [-0.3, -0.25) is 0 Å². The molecule has 0 aliphatic carbocycles. The average molecular weight is 266 g/mol. The molecular formula is C16H18N4. The lowest BCUT2D eigenvalue weighted by molar-refractivity contribution is 0.847. The Balaban J connectivity index is 2.05. The lowest BCUT2D eigenvalue weighted by atomic mass is 10.1. The summed E-state index contributed by atoms with van der Waals surface area (Å²) < 4.78 is 0. The van der Waals surface area contributed by atoms with Gasteiger partial charge in [0.1, 0.15) is 23.4 Å². The van der Waals surface area contributed by atoms with Crippen LogP contribution in [-0.4, -0.2) is 23.6 Å². The largest absolute Gasteiger partial charge is 0.359 e. The van der Waals surface area contributed by atoms with Crippen LogP contribution >= 0.6 is 0 Å². The fraction of sp³-hybridized carbons (Fsp3) is 0.312. The summed E-state index contributed by atoms with van der Waals surface area (Å²) in [4.78, 5) is 10.5. The maximum absolute atomic E-state index is 8.94. The summed E-state index contributed by atoms with van der Waals surface area (Å²) in [6.45, 7) is 4.74. The summed E-state index contributed by atoms with van der Waals surface area (Å²) in [5, 5.41) is 8.94. The molecule has 0 bridgehead atoms. The smallest absolute Gasteiger partial charge is 0.146 e. The van der Waals surface area contributed by atoms with E-state index in [-0.39, 0.29) is 0 Å². The molecule has 2 aromatic rings. The quantitative estimate of drug-likeness (QED) is 0.853. The van der Waals surface area contributed by atoms with Crippen molar-refractivity contribution >= 4 is 5.82 Å². The van der Waals surface area contributed by atoms with Crippen LogP contribution in [0.25, 0.3) is 0 Å². The van der Waals surface area contributed by atoms with Crippen molar-refractivity contribution < 1.29 is 0 Å². The van der Waals surface area contributed by atoms with E-state index < -0.39 is 0 Å². The molecule has 4 heteroatoms. The minimum absolute atomic E-state index is 0.412. The highest BCUT2D eigenvalue weighted by Gasteiger charge is 2.06. The van der Waals surface area contributed by atoms with Crippen molar-refractivity contribution in [1.82, 2.24) is 9.97 Å². The van der Waals surface area contributed by atoms with Gasteiger partial charge in [-0.05, 0) is 25.8 Å². The fourth-order valence-electron chi connectivity index (χ4n) is 1.97. The van der Waals surface area contributed by atoms with Crippen molar-refractivity contribution in [2.24, 2.45) is 0 Å². The van der Waals surface area contributed by atoms with E-state index in [1.165, 1.54) is 11.1 Å². The molecule has 0 unspecified atom stereocenters. The molecule has 0 aliphatic rings. The SMILES string of the molecule is Cc1ccc(CCN(C)c2cc(C#N)nc(C)n2)cc1. The summed E-state index contributed by atoms with van der Waals surface area (Å²) in [6.07, 6.45) is 0.946. The third kappa shape index (κ3) is 3.55. The zero-order valence-corrected chi connectivity index (χ0v) is 12.1. The van der Waals surface area contributed by atoms with Crippen LogP contribution in [0, 0.1) is 25.2 Å². The molecule has 0 fully saturated rings. The van der Waals surface area contributed by atoms with Gasteiger partial charge in [-0.25, -0.2) is 9.97 Å². The van der Waals surface area contributed by atoms with E-state index in [4.69, 9.17) is 5.26 Å². The molecule has 0 spiro atoms. The molecular weight excluding hydrogens is 248 g/mol. The van der Waals surface area contributed by atoms with Gasteiger partial charge in [0.15, 0.2) is 0 Å². The standard InChI is InChI=1S/C16H18N4/c1-12-4-6-14(7-5-12)8-9-20(3)16-10-15(11-17)18-13(2)19-16/h4-7,10H,8-9H2,1-3H3. The molecule has 1 aromatic carbocycles. The van der Waals surface area contributed by atoms with Crippen LogP contribution in [-0.2, 0) is 6.42 Å². The second-order valence-electron chi connectivity index (χ2n) is 4.93. The fourth-order valence-corrected chi connectivity index (χ4v) is 1.97. The highest BCUT2D eigenvalue weighted by molar-refractivity contribution is 5.42. The molecule has 0 atom stereocenters. The molecule has 0 N–H and O–H groups in total. The average Bonchev–Trinajstić information content (AvgIpc) is 2.45. The molecule has 2 rings (SSSR count). The van der Waals surface area contributed by atoms with E-state index in [0.29, 0.717) is 11.5 Å². The van der Waals surface area contributed by atoms with Crippen LogP contribution in [0.5, 0.6) is 0 Å². The first-order valence-corrected chi connectivity index (χ1v) is 6.61. The Morgan fingerprint density at radius 2 is 1.85 bits per heavy atom. The second kappa shape index (κ2) is 6.16. The van der Waals surface area contributed by atoms with Gasteiger partial charge in [-0.2, -0.15) is 5.26 Å². The van der Waals surface area contributed by atoms with Gasteiger partial charge in [0.2, 0.25) is 0 Å². The van der Waals surface area contributed by atoms with Crippen molar-refractivity contribution in [3.63, 3.8) is 0 Å². The van der Waals surface area contributed by atoms with Crippen molar-refractivity contribution in [1.29, 1.82) is 5.26 Å². The number of nitriles is 1. The Labute approximate surface area is 119 Å². The Kier molecular flexibility index (Phi) is 4.31. The van der Waals surface area contributed by atoms with Gasteiger partial charge in [0.05, 0.1) is 0 Å². The number of likely N-dealkylation sites (N-methyl/N-ethyl adjacent to an activating group) is 1. The van der Waals surface area contributed by atoms with Crippen molar-refractivity contribution in [2.45, 2.75) is 20.3 Å². The van der Waals surface area contributed by atoms with Gasteiger partial charge in [0.25, 0.3) is 0 Å². The van der Waals surface area contributed by atoms with Crippen molar-refractivity contribution in [3.05, 3.63) is 53.0 Å². The van der Waals surface area contributed by atoms with Crippen LogP contribution in [0.3, 0.4) is 0 Å². The number of nitrogens with zero attached hydrogens (tertiary/aromatic N) is 4. The van der Waals surface area contributed by atoms with Gasteiger partial charge in [0, 0.05) is 19.7 Å². The van der Waals surface area contributed by atoms with E-state index in [1.807, 2.05) is 7.05 Å². The predicted molar refractivity (Wildman–Crippen MR) is 79.6 cm³/mol.